The molecule has 0 fully saturated rings. The number of benzene rings is 1. The van der Waals surface area contributed by atoms with Crippen molar-refractivity contribution in [2.75, 3.05) is 26.3 Å². The van der Waals surface area contributed by atoms with Gasteiger partial charge in [-0.3, -0.25) is 0 Å². The van der Waals surface area contributed by atoms with Crippen LogP contribution in [-0.4, -0.2) is 31.4 Å². The summed E-state index contributed by atoms with van der Waals surface area (Å²) in [6, 6.07) is 8.19. The fourth-order valence-corrected chi connectivity index (χ4v) is 1.88. The van der Waals surface area contributed by atoms with Crippen molar-refractivity contribution in [3.8, 4) is 5.75 Å². The van der Waals surface area contributed by atoms with Gasteiger partial charge in [0, 0.05) is 24.6 Å². The first-order chi connectivity index (χ1) is 7.42. The van der Waals surface area contributed by atoms with E-state index in [4.69, 9.17) is 9.84 Å². The number of hydrogen-bond acceptors (Lipinski definition) is 3. The summed E-state index contributed by atoms with van der Waals surface area (Å²) in [7, 11) is 0. The highest BCUT2D eigenvalue weighted by Gasteiger charge is 2.22. The van der Waals surface area contributed by atoms with Gasteiger partial charge in [0.25, 0.3) is 0 Å². The average Bonchev–Trinajstić information content (AvgIpc) is 2.68. The van der Waals surface area contributed by atoms with E-state index in [2.05, 4.69) is 11.4 Å². The molecule has 0 aromatic heterocycles. The fourth-order valence-electron chi connectivity index (χ4n) is 1.88. The topological polar surface area (TPSA) is 41.5 Å². The number of ether oxygens (including phenoxy) is 1. The van der Waals surface area contributed by atoms with Gasteiger partial charge in [0.05, 0.1) is 6.61 Å². The molecular weight excluding hydrogens is 190 g/mol. The van der Waals surface area contributed by atoms with Gasteiger partial charge < -0.3 is 15.2 Å². The monoisotopic (exact) mass is 207 g/mol. The van der Waals surface area contributed by atoms with Crippen LogP contribution in [0.1, 0.15) is 17.9 Å². The molecule has 0 radical (unpaired) electrons. The number of fused-ring (bicyclic) bond motifs is 1. The summed E-state index contributed by atoms with van der Waals surface area (Å²) in [5, 5.41) is 12.0. The molecule has 0 saturated carbocycles. The summed E-state index contributed by atoms with van der Waals surface area (Å²) in [4.78, 5) is 0. The first kappa shape index (κ1) is 10.5. The molecule has 0 saturated heterocycles. The zero-order valence-electron chi connectivity index (χ0n) is 8.78. The molecule has 3 heteroatoms. The number of hydrogen-bond donors (Lipinski definition) is 2. The number of rotatable bonds is 5. The molecule has 0 spiro atoms. The Morgan fingerprint density at radius 3 is 3.13 bits per heavy atom. The molecule has 1 atom stereocenters. The Labute approximate surface area is 90.1 Å². The van der Waals surface area contributed by atoms with Crippen LogP contribution in [0, 0.1) is 0 Å². The van der Waals surface area contributed by atoms with E-state index < -0.39 is 0 Å². The lowest BCUT2D eigenvalue weighted by Crippen LogP contribution is -2.24. The maximum Gasteiger partial charge on any atom is 0.122 e. The highest BCUT2D eigenvalue weighted by atomic mass is 16.5. The van der Waals surface area contributed by atoms with Crippen molar-refractivity contribution < 1.29 is 9.84 Å². The lowest BCUT2D eigenvalue weighted by atomic mass is 10.0. The van der Waals surface area contributed by atoms with Crippen LogP contribution in [0.5, 0.6) is 5.75 Å². The minimum Gasteiger partial charge on any atom is -0.493 e. The SMILES string of the molecule is OCCCNCC1COc2ccccc21. The van der Waals surface area contributed by atoms with Crippen molar-refractivity contribution in [1.29, 1.82) is 0 Å². The largest absolute Gasteiger partial charge is 0.493 e. The molecular formula is C12H17NO2. The van der Waals surface area contributed by atoms with Crippen molar-refractivity contribution in [3.05, 3.63) is 29.8 Å². The van der Waals surface area contributed by atoms with Crippen LogP contribution in [0.25, 0.3) is 0 Å². The second-order valence-electron chi connectivity index (χ2n) is 3.83. The second-order valence-corrected chi connectivity index (χ2v) is 3.83. The van der Waals surface area contributed by atoms with Gasteiger partial charge >= 0.3 is 0 Å². The molecule has 1 heterocycles. The maximum absolute atomic E-state index is 8.65. The van der Waals surface area contributed by atoms with Crippen LogP contribution in [0.4, 0.5) is 0 Å². The first-order valence-corrected chi connectivity index (χ1v) is 5.45. The van der Waals surface area contributed by atoms with Gasteiger partial charge in [-0.2, -0.15) is 0 Å². The van der Waals surface area contributed by atoms with Crippen molar-refractivity contribution in [2.45, 2.75) is 12.3 Å². The van der Waals surface area contributed by atoms with Gasteiger partial charge in [0.2, 0.25) is 0 Å². The van der Waals surface area contributed by atoms with Crippen LogP contribution in [0.3, 0.4) is 0 Å². The molecule has 2 rings (SSSR count). The van der Waals surface area contributed by atoms with Crippen molar-refractivity contribution in [2.24, 2.45) is 0 Å². The Balaban J connectivity index is 1.85. The average molecular weight is 207 g/mol. The predicted octanol–water partition coefficient (Wildman–Crippen LogP) is 1.13. The predicted molar refractivity (Wildman–Crippen MR) is 59.3 cm³/mol. The van der Waals surface area contributed by atoms with E-state index in [-0.39, 0.29) is 6.61 Å². The quantitative estimate of drug-likeness (QED) is 0.711. The molecule has 15 heavy (non-hydrogen) atoms. The van der Waals surface area contributed by atoms with Crippen molar-refractivity contribution in [3.63, 3.8) is 0 Å². The van der Waals surface area contributed by atoms with E-state index in [9.17, 15) is 0 Å². The van der Waals surface area contributed by atoms with E-state index >= 15 is 0 Å². The summed E-state index contributed by atoms with van der Waals surface area (Å²) in [6.07, 6.45) is 0.815. The summed E-state index contributed by atoms with van der Waals surface area (Å²) >= 11 is 0. The standard InChI is InChI=1S/C12H17NO2/c14-7-3-6-13-8-10-9-15-12-5-2-1-4-11(10)12/h1-2,4-5,10,13-14H,3,6-9H2. The summed E-state index contributed by atoms with van der Waals surface area (Å²) in [6.45, 7) is 2.82. The van der Waals surface area contributed by atoms with Crippen LogP contribution in [0.2, 0.25) is 0 Å². The molecule has 1 aliphatic rings. The Morgan fingerprint density at radius 2 is 2.27 bits per heavy atom. The Kier molecular flexibility index (Phi) is 3.59. The summed E-state index contributed by atoms with van der Waals surface area (Å²) in [5.41, 5.74) is 1.30. The van der Waals surface area contributed by atoms with Crippen LogP contribution < -0.4 is 10.1 Å². The lowest BCUT2D eigenvalue weighted by molar-refractivity contribution is 0.283. The normalized spacial score (nSPS) is 18.6. The third kappa shape index (κ3) is 2.49. The van der Waals surface area contributed by atoms with E-state index in [0.29, 0.717) is 5.92 Å². The zero-order chi connectivity index (χ0) is 10.5. The molecule has 1 unspecified atom stereocenters. The van der Waals surface area contributed by atoms with E-state index in [1.54, 1.807) is 0 Å². The molecule has 1 aliphatic heterocycles. The number of nitrogens with one attached hydrogen (secondary N) is 1. The first-order valence-electron chi connectivity index (χ1n) is 5.45. The van der Waals surface area contributed by atoms with E-state index in [1.165, 1.54) is 5.56 Å². The Hall–Kier alpha value is -1.06. The molecule has 0 aliphatic carbocycles. The minimum absolute atomic E-state index is 0.255. The van der Waals surface area contributed by atoms with Crippen LogP contribution >= 0.6 is 0 Å². The number of aliphatic hydroxyl groups excluding tert-OH is 1. The van der Waals surface area contributed by atoms with Gasteiger partial charge in [-0.25, -0.2) is 0 Å². The Morgan fingerprint density at radius 1 is 1.40 bits per heavy atom. The smallest absolute Gasteiger partial charge is 0.122 e. The molecule has 2 N–H and O–H groups in total. The third-order valence-corrected chi connectivity index (χ3v) is 2.70. The Bertz CT molecular complexity index is 314. The van der Waals surface area contributed by atoms with E-state index in [1.807, 2.05) is 18.2 Å². The summed E-state index contributed by atoms with van der Waals surface area (Å²) < 4.78 is 5.58. The maximum atomic E-state index is 8.65. The molecule has 3 nitrogen and oxygen atoms in total. The van der Waals surface area contributed by atoms with Gasteiger partial charge in [-0.05, 0) is 19.0 Å². The third-order valence-electron chi connectivity index (χ3n) is 2.70. The number of aliphatic hydroxyl groups is 1. The molecule has 1 aromatic rings. The fraction of sp³-hybridized carbons (Fsp3) is 0.500. The molecule has 1 aromatic carbocycles. The zero-order valence-corrected chi connectivity index (χ0v) is 8.78. The lowest BCUT2D eigenvalue weighted by Gasteiger charge is -2.09. The van der Waals surface area contributed by atoms with Gasteiger partial charge in [-0.15, -0.1) is 0 Å². The highest BCUT2D eigenvalue weighted by molar-refractivity contribution is 5.39. The van der Waals surface area contributed by atoms with E-state index in [0.717, 1.165) is 31.9 Å². The highest BCUT2D eigenvalue weighted by Crippen LogP contribution is 2.32. The molecule has 0 bridgehead atoms. The van der Waals surface area contributed by atoms with Crippen molar-refractivity contribution in [1.82, 2.24) is 5.32 Å². The number of para-hydroxylation sites is 1. The molecule has 0 amide bonds. The van der Waals surface area contributed by atoms with Gasteiger partial charge in [0.15, 0.2) is 0 Å². The van der Waals surface area contributed by atoms with Gasteiger partial charge in [-0.1, -0.05) is 18.2 Å². The van der Waals surface area contributed by atoms with Gasteiger partial charge in [0.1, 0.15) is 5.75 Å². The second kappa shape index (κ2) is 5.14. The summed E-state index contributed by atoms with van der Waals surface area (Å²) in [5.74, 6) is 1.48. The van der Waals surface area contributed by atoms with Crippen LogP contribution in [-0.2, 0) is 0 Å². The van der Waals surface area contributed by atoms with Crippen molar-refractivity contribution >= 4 is 0 Å². The molecule has 82 valence electrons. The van der Waals surface area contributed by atoms with Crippen LogP contribution in [0.15, 0.2) is 24.3 Å². The minimum atomic E-state index is 0.255.